The van der Waals surface area contributed by atoms with Crippen molar-refractivity contribution in [2.75, 3.05) is 0 Å². The number of aromatic carboxylic acids is 1. The fourth-order valence-electron chi connectivity index (χ4n) is 1.77. The summed E-state index contributed by atoms with van der Waals surface area (Å²) in [5.74, 6) is -2.85. The van der Waals surface area contributed by atoms with Gasteiger partial charge in [-0.05, 0) is 18.6 Å². The summed E-state index contributed by atoms with van der Waals surface area (Å²) in [6.07, 6.45) is 1.12. The lowest BCUT2D eigenvalue weighted by atomic mass is 10.2. The van der Waals surface area contributed by atoms with E-state index in [2.05, 4.69) is 10.3 Å². The van der Waals surface area contributed by atoms with Gasteiger partial charge in [-0.1, -0.05) is 18.6 Å². The van der Waals surface area contributed by atoms with Crippen LogP contribution in [0.3, 0.4) is 0 Å². The van der Waals surface area contributed by atoms with Crippen LogP contribution in [0.4, 0.5) is 8.78 Å². The zero-order valence-electron chi connectivity index (χ0n) is 10.1. The third kappa shape index (κ3) is 2.59. The summed E-state index contributed by atoms with van der Waals surface area (Å²) >= 11 is 0. The first-order valence-corrected chi connectivity index (χ1v) is 5.67. The Morgan fingerprint density at radius 1 is 1.32 bits per heavy atom. The lowest BCUT2D eigenvalue weighted by Crippen LogP contribution is -2.10. The van der Waals surface area contributed by atoms with Crippen molar-refractivity contribution in [2.24, 2.45) is 0 Å². The van der Waals surface area contributed by atoms with Crippen molar-refractivity contribution in [1.82, 2.24) is 15.0 Å². The second kappa shape index (κ2) is 5.13. The van der Waals surface area contributed by atoms with Crippen molar-refractivity contribution in [3.8, 4) is 5.69 Å². The minimum absolute atomic E-state index is 0.00949. The monoisotopic (exact) mass is 267 g/mol. The van der Waals surface area contributed by atoms with E-state index in [0.29, 0.717) is 24.6 Å². The molecule has 1 aromatic heterocycles. The molecular formula is C12H11F2N3O2. The Balaban J connectivity index is 2.58. The number of aryl methyl sites for hydroxylation is 1. The molecule has 0 saturated carbocycles. The molecule has 0 amide bonds. The Bertz CT molecular complexity index is 605. The largest absolute Gasteiger partial charge is 0.476 e. The highest BCUT2D eigenvalue weighted by atomic mass is 19.1. The number of carboxylic acids is 1. The molecule has 0 atom stereocenters. The van der Waals surface area contributed by atoms with Crippen LogP contribution in [0, 0.1) is 11.6 Å². The van der Waals surface area contributed by atoms with Crippen LogP contribution in [0.25, 0.3) is 5.69 Å². The van der Waals surface area contributed by atoms with Crippen molar-refractivity contribution in [3.05, 3.63) is 41.2 Å². The van der Waals surface area contributed by atoms with E-state index in [4.69, 9.17) is 0 Å². The van der Waals surface area contributed by atoms with Crippen LogP contribution in [0.1, 0.15) is 29.5 Å². The number of carbonyl (C=O) groups is 1. The first kappa shape index (κ1) is 13.1. The molecule has 0 aliphatic carbocycles. The van der Waals surface area contributed by atoms with E-state index in [9.17, 15) is 18.7 Å². The smallest absolute Gasteiger partial charge is 0.356 e. The van der Waals surface area contributed by atoms with Gasteiger partial charge in [0.05, 0.1) is 11.4 Å². The molecule has 5 nitrogen and oxygen atoms in total. The fraction of sp³-hybridized carbons (Fsp3) is 0.250. The molecule has 0 bridgehead atoms. The average molecular weight is 267 g/mol. The van der Waals surface area contributed by atoms with Gasteiger partial charge in [0.2, 0.25) is 0 Å². The van der Waals surface area contributed by atoms with Crippen LogP contribution in [0.15, 0.2) is 18.2 Å². The van der Waals surface area contributed by atoms with Gasteiger partial charge in [0.1, 0.15) is 11.6 Å². The summed E-state index contributed by atoms with van der Waals surface area (Å²) in [7, 11) is 0. The van der Waals surface area contributed by atoms with E-state index in [1.165, 1.54) is 0 Å². The van der Waals surface area contributed by atoms with E-state index in [-0.39, 0.29) is 11.4 Å². The molecule has 0 radical (unpaired) electrons. The van der Waals surface area contributed by atoms with Gasteiger partial charge in [0, 0.05) is 6.07 Å². The number of hydrogen-bond acceptors (Lipinski definition) is 3. The summed E-state index contributed by atoms with van der Waals surface area (Å²) in [6, 6.07) is 2.70. The van der Waals surface area contributed by atoms with Crippen LogP contribution >= 0.6 is 0 Å². The average Bonchev–Trinajstić information content (AvgIpc) is 2.72. The van der Waals surface area contributed by atoms with Crippen molar-refractivity contribution >= 4 is 5.97 Å². The van der Waals surface area contributed by atoms with Gasteiger partial charge in [-0.2, -0.15) is 0 Å². The van der Waals surface area contributed by atoms with Crippen LogP contribution in [-0.4, -0.2) is 26.1 Å². The zero-order valence-corrected chi connectivity index (χ0v) is 10.1. The van der Waals surface area contributed by atoms with Gasteiger partial charge in [0.15, 0.2) is 5.69 Å². The highest BCUT2D eigenvalue weighted by Crippen LogP contribution is 2.17. The molecule has 0 unspecified atom stereocenters. The molecule has 1 N–H and O–H groups in total. The molecule has 1 heterocycles. The number of nitrogens with zero attached hydrogens (tertiary/aromatic N) is 3. The number of halogens is 2. The molecule has 2 aromatic rings. The summed E-state index contributed by atoms with van der Waals surface area (Å²) in [5, 5.41) is 16.6. The zero-order chi connectivity index (χ0) is 14.0. The predicted octanol–water partition coefficient (Wildman–Crippen LogP) is 2.20. The molecule has 0 aliphatic rings. The predicted molar refractivity (Wildman–Crippen MR) is 62.2 cm³/mol. The Kier molecular flexibility index (Phi) is 3.55. The highest BCUT2D eigenvalue weighted by Gasteiger charge is 2.20. The lowest BCUT2D eigenvalue weighted by molar-refractivity contribution is 0.0685. The van der Waals surface area contributed by atoms with Crippen molar-refractivity contribution in [2.45, 2.75) is 19.8 Å². The third-order valence-corrected chi connectivity index (χ3v) is 2.52. The minimum Gasteiger partial charge on any atom is -0.476 e. The Morgan fingerprint density at radius 3 is 2.47 bits per heavy atom. The molecule has 7 heteroatoms. The van der Waals surface area contributed by atoms with Gasteiger partial charge >= 0.3 is 5.97 Å². The Labute approximate surface area is 107 Å². The number of carboxylic acid groups (broad SMARTS) is 1. The Hall–Kier alpha value is -2.31. The molecular weight excluding hydrogens is 256 g/mol. The summed E-state index contributed by atoms with van der Waals surface area (Å²) in [4.78, 5) is 11.2. The first-order chi connectivity index (χ1) is 9.02. The molecule has 2 rings (SSSR count). The van der Waals surface area contributed by atoms with E-state index in [1.54, 1.807) is 0 Å². The van der Waals surface area contributed by atoms with Crippen LogP contribution in [0.2, 0.25) is 0 Å². The van der Waals surface area contributed by atoms with Crippen LogP contribution in [-0.2, 0) is 6.42 Å². The molecule has 100 valence electrons. The minimum atomic E-state index is -1.24. The summed E-state index contributed by atoms with van der Waals surface area (Å²) in [5.41, 5.74) is 0.108. The summed E-state index contributed by atoms with van der Waals surface area (Å²) < 4.78 is 27.2. The SMILES string of the molecule is CCCc1nnn(-c2cc(F)cc(F)c2)c1C(=O)O. The van der Waals surface area contributed by atoms with Crippen LogP contribution in [0.5, 0.6) is 0 Å². The maximum absolute atomic E-state index is 13.2. The summed E-state index contributed by atoms with van der Waals surface area (Å²) in [6.45, 7) is 1.87. The van der Waals surface area contributed by atoms with Gasteiger partial charge in [-0.3, -0.25) is 0 Å². The molecule has 0 aliphatic heterocycles. The fourth-order valence-corrected chi connectivity index (χ4v) is 1.77. The number of rotatable bonds is 4. The molecule has 0 spiro atoms. The quantitative estimate of drug-likeness (QED) is 0.922. The normalized spacial score (nSPS) is 10.7. The molecule has 19 heavy (non-hydrogen) atoms. The highest BCUT2D eigenvalue weighted by molar-refractivity contribution is 5.87. The third-order valence-electron chi connectivity index (χ3n) is 2.52. The first-order valence-electron chi connectivity index (χ1n) is 5.67. The van der Waals surface area contributed by atoms with Crippen LogP contribution < -0.4 is 0 Å². The van der Waals surface area contributed by atoms with Crippen molar-refractivity contribution < 1.29 is 18.7 Å². The topological polar surface area (TPSA) is 68.0 Å². The van der Waals surface area contributed by atoms with Gasteiger partial charge < -0.3 is 5.11 Å². The van der Waals surface area contributed by atoms with Gasteiger partial charge in [0.25, 0.3) is 0 Å². The van der Waals surface area contributed by atoms with E-state index in [0.717, 1.165) is 16.8 Å². The van der Waals surface area contributed by atoms with Gasteiger partial charge in [-0.25, -0.2) is 18.3 Å². The van der Waals surface area contributed by atoms with Gasteiger partial charge in [-0.15, -0.1) is 5.10 Å². The van der Waals surface area contributed by atoms with Crippen molar-refractivity contribution in [3.63, 3.8) is 0 Å². The maximum atomic E-state index is 13.2. The molecule has 0 saturated heterocycles. The maximum Gasteiger partial charge on any atom is 0.356 e. The standard InChI is InChI=1S/C12H11F2N3O2/c1-2-3-10-11(12(18)19)17(16-15-10)9-5-7(13)4-8(14)6-9/h4-6H,2-3H2,1H3,(H,18,19). The van der Waals surface area contributed by atoms with Crippen molar-refractivity contribution in [1.29, 1.82) is 0 Å². The van der Waals surface area contributed by atoms with E-state index in [1.807, 2.05) is 6.92 Å². The number of hydrogen-bond donors (Lipinski definition) is 1. The number of aromatic nitrogens is 3. The second-order valence-corrected chi connectivity index (χ2v) is 3.98. The van der Waals surface area contributed by atoms with E-state index < -0.39 is 17.6 Å². The Morgan fingerprint density at radius 2 is 1.95 bits per heavy atom. The van der Waals surface area contributed by atoms with E-state index >= 15 is 0 Å². The lowest BCUT2D eigenvalue weighted by Gasteiger charge is -2.04. The molecule has 0 fully saturated rings. The second-order valence-electron chi connectivity index (χ2n) is 3.98. The molecule has 1 aromatic carbocycles. The number of benzene rings is 1.